The Balaban J connectivity index is 3.08. The molecule has 1 heterocycles. The molecule has 0 aliphatic carbocycles. The van der Waals surface area contributed by atoms with Crippen molar-refractivity contribution in [1.82, 2.24) is 5.16 Å². The van der Waals surface area contributed by atoms with Crippen LogP contribution in [0, 0.1) is 5.41 Å². The van der Waals surface area contributed by atoms with E-state index in [4.69, 9.17) is 4.52 Å². The fourth-order valence-corrected chi connectivity index (χ4v) is 1.24. The second-order valence-corrected chi connectivity index (χ2v) is 4.85. The molecule has 0 amide bonds. The maximum Gasteiger partial charge on any atom is 0.173 e. The lowest BCUT2D eigenvalue weighted by atomic mass is 9.85. The summed E-state index contributed by atoms with van der Waals surface area (Å²) in [6.07, 6.45) is 1.45. The number of ketones is 1. The van der Waals surface area contributed by atoms with E-state index in [1.165, 1.54) is 6.26 Å². The van der Waals surface area contributed by atoms with E-state index in [9.17, 15) is 4.79 Å². The molecule has 0 spiro atoms. The Morgan fingerprint density at radius 2 is 2.00 bits per heavy atom. The molecule has 1 rings (SSSR count). The molecule has 0 saturated carbocycles. The summed E-state index contributed by atoms with van der Waals surface area (Å²) in [7, 11) is 0. The largest absolute Gasteiger partial charge is 0.364 e. The average molecular weight is 195 g/mol. The van der Waals surface area contributed by atoms with Crippen molar-refractivity contribution in [3.05, 3.63) is 17.5 Å². The quantitative estimate of drug-likeness (QED) is 0.681. The molecule has 14 heavy (non-hydrogen) atoms. The highest BCUT2D eigenvalue weighted by atomic mass is 16.5. The zero-order valence-corrected chi connectivity index (χ0v) is 9.42. The monoisotopic (exact) mass is 195 g/mol. The number of rotatable bonds is 2. The Morgan fingerprint density at radius 3 is 2.43 bits per heavy atom. The Morgan fingerprint density at radius 1 is 1.43 bits per heavy atom. The number of Topliss-reactive ketones (excluding diaryl/α,β-unsaturated/α-hetero) is 1. The zero-order valence-electron chi connectivity index (χ0n) is 9.42. The zero-order chi connectivity index (χ0) is 10.9. The highest BCUT2D eigenvalue weighted by molar-refractivity contribution is 6.00. The Kier molecular flexibility index (Phi) is 2.79. The number of aromatic nitrogens is 1. The number of carbonyl (C=O) groups is 1. The molecule has 0 unspecified atom stereocenters. The van der Waals surface area contributed by atoms with Crippen LogP contribution in [0.15, 0.2) is 10.8 Å². The van der Waals surface area contributed by atoms with E-state index in [1.54, 1.807) is 0 Å². The Hall–Kier alpha value is -1.12. The van der Waals surface area contributed by atoms with Gasteiger partial charge in [-0.25, -0.2) is 0 Å². The van der Waals surface area contributed by atoms with Gasteiger partial charge in [-0.05, 0) is 5.92 Å². The third-order valence-electron chi connectivity index (χ3n) is 2.07. The highest BCUT2D eigenvalue weighted by Gasteiger charge is 2.28. The molecular formula is C11H17NO2. The first kappa shape index (κ1) is 11.0. The third-order valence-corrected chi connectivity index (χ3v) is 2.07. The first-order valence-electron chi connectivity index (χ1n) is 4.83. The van der Waals surface area contributed by atoms with Crippen molar-refractivity contribution in [2.45, 2.75) is 40.5 Å². The molecule has 1 aromatic rings. The lowest BCUT2D eigenvalue weighted by Gasteiger charge is -2.16. The molecule has 0 aliphatic rings. The standard InChI is InChI=1S/C11H17NO2/c1-7(2)9-8(6-14-12-9)10(13)11(3,4)5/h6-7H,1-5H3. The van der Waals surface area contributed by atoms with Gasteiger partial charge in [-0.15, -0.1) is 0 Å². The summed E-state index contributed by atoms with van der Waals surface area (Å²) in [5, 5.41) is 3.85. The SMILES string of the molecule is CC(C)c1nocc1C(=O)C(C)(C)C. The summed E-state index contributed by atoms with van der Waals surface area (Å²) in [6, 6.07) is 0. The predicted octanol–water partition coefficient (Wildman–Crippen LogP) is 3.03. The van der Waals surface area contributed by atoms with E-state index in [-0.39, 0.29) is 17.1 Å². The fraction of sp³-hybridized carbons (Fsp3) is 0.636. The van der Waals surface area contributed by atoms with E-state index in [2.05, 4.69) is 5.16 Å². The van der Waals surface area contributed by atoms with Crippen molar-refractivity contribution in [3.63, 3.8) is 0 Å². The lowest BCUT2D eigenvalue weighted by molar-refractivity contribution is 0.0856. The first-order valence-corrected chi connectivity index (χ1v) is 4.83. The van der Waals surface area contributed by atoms with Crippen LogP contribution in [0.25, 0.3) is 0 Å². The minimum Gasteiger partial charge on any atom is -0.364 e. The van der Waals surface area contributed by atoms with Crippen LogP contribution < -0.4 is 0 Å². The van der Waals surface area contributed by atoms with E-state index in [0.29, 0.717) is 5.56 Å². The van der Waals surface area contributed by atoms with Crippen molar-refractivity contribution < 1.29 is 9.32 Å². The van der Waals surface area contributed by atoms with Gasteiger partial charge in [0.05, 0.1) is 11.3 Å². The molecule has 0 atom stereocenters. The maximum absolute atomic E-state index is 12.0. The van der Waals surface area contributed by atoms with Crippen molar-refractivity contribution in [3.8, 4) is 0 Å². The maximum atomic E-state index is 12.0. The minimum absolute atomic E-state index is 0.0856. The molecule has 0 N–H and O–H groups in total. The number of carbonyl (C=O) groups excluding carboxylic acids is 1. The molecule has 0 radical (unpaired) electrons. The van der Waals surface area contributed by atoms with Gasteiger partial charge in [0.2, 0.25) is 0 Å². The number of hydrogen-bond acceptors (Lipinski definition) is 3. The average Bonchev–Trinajstić information content (AvgIpc) is 2.48. The van der Waals surface area contributed by atoms with Crippen molar-refractivity contribution in [2.75, 3.05) is 0 Å². The number of hydrogen-bond donors (Lipinski definition) is 0. The Bertz CT molecular complexity index is 331. The van der Waals surface area contributed by atoms with Crippen molar-refractivity contribution >= 4 is 5.78 Å². The minimum atomic E-state index is -0.380. The molecule has 3 heteroatoms. The van der Waals surface area contributed by atoms with Gasteiger partial charge in [0.1, 0.15) is 6.26 Å². The van der Waals surface area contributed by atoms with Gasteiger partial charge >= 0.3 is 0 Å². The van der Waals surface area contributed by atoms with E-state index in [0.717, 1.165) is 5.69 Å². The smallest absolute Gasteiger partial charge is 0.173 e. The second kappa shape index (κ2) is 3.56. The summed E-state index contributed by atoms with van der Waals surface area (Å²) in [5.41, 5.74) is 0.993. The highest BCUT2D eigenvalue weighted by Crippen LogP contribution is 2.26. The lowest BCUT2D eigenvalue weighted by Crippen LogP contribution is -2.21. The van der Waals surface area contributed by atoms with Gasteiger partial charge in [-0.3, -0.25) is 4.79 Å². The summed E-state index contributed by atoms with van der Waals surface area (Å²) in [5.74, 6) is 0.303. The first-order chi connectivity index (χ1) is 6.34. The fourth-order valence-electron chi connectivity index (χ4n) is 1.24. The third kappa shape index (κ3) is 2.03. The van der Waals surface area contributed by atoms with Crippen LogP contribution in [-0.4, -0.2) is 10.9 Å². The van der Waals surface area contributed by atoms with Gasteiger partial charge in [-0.2, -0.15) is 0 Å². The summed E-state index contributed by atoms with van der Waals surface area (Å²) >= 11 is 0. The van der Waals surface area contributed by atoms with E-state index < -0.39 is 0 Å². The molecule has 0 saturated heterocycles. The topological polar surface area (TPSA) is 43.1 Å². The van der Waals surface area contributed by atoms with Gasteiger partial charge in [0, 0.05) is 5.41 Å². The van der Waals surface area contributed by atoms with Gasteiger partial charge < -0.3 is 4.52 Å². The molecule has 1 aromatic heterocycles. The van der Waals surface area contributed by atoms with Gasteiger partial charge in [0.25, 0.3) is 0 Å². The van der Waals surface area contributed by atoms with Crippen molar-refractivity contribution in [1.29, 1.82) is 0 Å². The van der Waals surface area contributed by atoms with Crippen molar-refractivity contribution in [2.24, 2.45) is 5.41 Å². The van der Waals surface area contributed by atoms with Gasteiger partial charge in [0.15, 0.2) is 5.78 Å². The molecular weight excluding hydrogens is 178 g/mol. The predicted molar refractivity (Wildman–Crippen MR) is 54.4 cm³/mol. The normalized spacial score (nSPS) is 12.1. The van der Waals surface area contributed by atoms with Crippen LogP contribution in [0.3, 0.4) is 0 Å². The van der Waals surface area contributed by atoms with Gasteiger partial charge in [-0.1, -0.05) is 39.8 Å². The van der Waals surface area contributed by atoms with Crippen LogP contribution in [0.4, 0.5) is 0 Å². The van der Waals surface area contributed by atoms with Crippen LogP contribution in [0.1, 0.15) is 56.6 Å². The molecule has 3 nitrogen and oxygen atoms in total. The van der Waals surface area contributed by atoms with E-state index >= 15 is 0 Å². The molecule has 0 aliphatic heterocycles. The molecule has 0 fully saturated rings. The number of nitrogens with zero attached hydrogens (tertiary/aromatic N) is 1. The summed E-state index contributed by atoms with van der Waals surface area (Å²) in [6.45, 7) is 9.68. The molecule has 0 aromatic carbocycles. The Labute approximate surface area is 84.5 Å². The van der Waals surface area contributed by atoms with Crippen LogP contribution in [0.2, 0.25) is 0 Å². The summed E-state index contributed by atoms with van der Waals surface area (Å²) < 4.78 is 4.85. The van der Waals surface area contributed by atoms with Crippen LogP contribution in [-0.2, 0) is 0 Å². The van der Waals surface area contributed by atoms with Crippen LogP contribution >= 0.6 is 0 Å². The second-order valence-electron chi connectivity index (χ2n) is 4.85. The van der Waals surface area contributed by atoms with Crippen LogP contribution in [0.5, 0.6) is 0 Å². The van der Waals surface area contributed by atoms with E-state index in [1.807, 2.05) is 34.6 Å². The summed E-state index contributed by atoms with van der Waals surface area (Å²) in [4.78, 5) is 12.0. The molecule has 78 valence electrons. The molecule has 0 bridgehead atoms.